The number of anilines is 1. The molecule has 1 heterocycles. The molecule has 1 unspecified atom stereocenters. The van der Waals surface area contributed by atoms with Gasteiger partial charge in [0.2, 0.25) is 17.6 Å². The van der Waals surface area contributed by atoms with E-state index in [1.807, 2.05) is 32.0 Å². The third-order valence-corrected chi connectivity index (χ3v) is 4.77. The highest BCUT2D eigenvalue weighted by Crippen LogP contribution is 2.31. The number of nitrogens with zero attached hydrogens (tertiary/aromatic N) is 4. The predicted octanol–water partition coefficient (Wildman–Crippen LogP) is 3.29. The SMILES string of the molecule is Cc1cccc(C)c1NC(=O)CNC(=O)C(C)n1nnc(-c2cccc(C(F)(F)F)c2)n1. The molecule has 168 valence electrons. The standard InChI is InChI=1S/C21H21F3N6O2/c1-12-6-4-7-13(2)18(12)26-17(31)11-25-20(32)14(3)30-28-19(27-29-30)15-8-5-9-16(10-15)21(22,23)24/h4-10,14H,11H2,1-3H3,(H,25,32)(H,26,31). The van der Waals surface area contributed by atoms with Crippen molar-refractivity contribution in [3.05, 3.63) is 59.2 Å². The highest BCUT2D eigenvalue weighted by Gasteiger charge is 2.31. The largest absolute Gasteiger partial charge is 0.416 e. The van der Waals surface area contributed by atoms with Crippen LogP contribution in [0.25, 0.3) is 11.4 Å². The minimum atomic E-state index is -4.50. The molecule has 0 fully saturated rings. The molecule has 0 bridgehead atoms. The Morgan fingerprint density at radius 3 is 2.41 bits per heavy atom. The van der Waals surface area contributed by atoms with Crippen LogP contribution in [0.4, 0.5) is 18.9 Å². The summed E-state index contributed by atoms with van der Waals surface area (Å²) in [6.45, 7) is 4.94. The second-order valence-corrected chi connectivity index (χ2v) is 7.22. The number of benzene rings is 2. The lowest BCUT2D eigenvalue weighted by Crippen LogP contribution is -2.37. The lowest BCUT2D eigenvalue weighted by Gasteiger charge is -2.13. The molecule has 3 aromatic rings. The number of tetrazole rings is 1. The van der Waals surface area contributed by atoms with E-state index in [0.717, 1.165) is 28.1 Å². The summed E-state index contributed by atoms with van der Waals surface area (Å²) in [5.41, 5.74) is 1.75. The van der Waals surface area contributed by atoms with Gasteiger partial charge in [0, 0.05) is 11.3 Å². The lowest BCUT2D eigenvalue weighted by molar-refractivity contribution is -0.137. The summed E-state index contributed by atoms with van der Waals surface area (Å²) < 4.78 is 38.7. The number of amides is 2. The van der Waals surface area contributed by atoms with Crippen LogP contribution in [-0.2, 0) is 15.8 Å². The maximum Gasteiger partial charge on any atom is 0.416 e. The van der Waals surface area contributed by atoms with Crippen molar-refractivity contribution in [1.82, 2.24) is 25.5 Å². The number of nitrogens with one attached hydrogen (secondary N) is 2. The third-order valence-electron chi connectivity index (χ3n) is 4.77. The maximum absolute atomic E-state index is 12.9. The molecule has 0 saturated heterocycles. The molecule has 0 aliphatic heterocycles. The number of halogens is 3. The van der Waals surface area contributed by atoms with E-state index in [-0.39, 0.29) is 17.9 Å². The molecule has 0 spiro atoms. The van der Waals surface area contributed by atoms with Gasteiger partial charge in [-0.25, -0.2) is 0 Å². The number of aryl methyl sites for hydroxylation is 2. The van der Waals surface area contributed by atoms with Crippen LogP contribution in [0.15, 0.2) is 42.5 Å². The van der Waals surface area contributed by atoms with Gasteiger partial charge in [0.15, 0.2) is 0 Å². The van der Waals surface area contributed by atoms with Crippen LogP contribution in [0.3, 0.4) is 0 Å². The van der Waals surface area contributed by atoms with E-state index in [1.54, 1.807) is 0 Å². The van der Waals surface area contributed by atoms with Crippen LogP contribution in [0.2, 0.25) is 0 Å². The summed E-state index contributed by atoms with van der Waals surface area (Å²) in [7, 11) is 0. The minimum absolute atomic E-state index is 0.0523. The Balaban J connectivity index is 1.62. The zero-order valence-corrected chi connectivity index (χ0v) is 17.6. The third kappa shape index (κ3) is 5.29. The van der Waals surface area contributed by atoms with Gasteiger partial charge < -0.3 is 10.6 Å². The fourth-order valence-corrected chi connectivity index (χ4v) is 2.95. The monoisotopic (exact) mass is 446 g/mol. The van der Waals surface area contributed by atoms with Gasteiger partial charge in [0.25, 0.3) is 0 Å². The number of alkyl halides is 3. The van der Waals surface area contributed by atoms with Crippen molar-refractivity contribution in [2.24, 2.45) is 0 Å². The van der Waals surface area contributed by atoms with Crippen LogP contribution in [-0.4, -0.2) is 38.6 Å². The van der Waals surface area contributed by atoms with Gasteiger partial charge >= 0.3 is 6.18 Å². The average molecular weight is 446 g/mol. The summed E-state index contributed by atoms with van der Waals surface area (Å²) >= 11 is 0. The first-order chi connectivity index (χ1) is 15.1. The van der Waals surface area contributed by atoms with Crippen molar-refractivity contribution in [3.8, 4) is 11.4 Å². The number of carbonyl (C=O) groups excluding carboxylic acids is 2. The number of carbonyl (C=O) groups is 2. The molecule has 1 aromatic heterocycles. The van der Waals surface area contributed by atoms with E-state index in [0.29, 0.717) is 5.69 Å². The van der Waals surface area contributed by atoms with Gasteiger partial charge in [0.05, 0.1) is 12.1 Å². The van der Waals surface area contributed by atoms with Gasteiger partial charge in [-0.15, -0.1) is 10.2 Å². The predicted molar refractivity (Wildman–Crippen MR) is 111 cm³/mol. The van der Waals surface area contributed by atoms with Crippen LogP contribution in [0.5, 0.6) is 0 Å². The first-order valence-corrected chi connectivity index (χ1v) is 9.67. The van der Waals surface area contributed by atoms with Crippen LogP contribution >= 0.6 is 0 Å². The van der Waals surface area contributed by atoms with E-state index in [9.17, 15) is 22.8 Å². The Morgan fingerprint density at radius 1 is 1.09 bits per heavy atom. The zero-order valence-electron chi connectivity index (χ0n) is 17.6. The Morgan fingerprint density at radius 2 is 1.75 bits per heavy atom. The maximum atomic E-state index is 12.9. The first-order valence-electron chi connectivity index (χ1n) is 9.67. The summed E-state index contributed by atoms with van der Waals surface area (Å²) in [6, 6.07) is 9.17. The number of hydrogen-bond donors (Lipinski definition) is 2. The van der Waals surface area contributed by atoms with E-state index >= 15 is 0 Å². The molecule has 1 atom stereocenters. The van der Waals surface area contributed by atoms with Gasteiger partial charge in [-0.3, -0.25) is 9.59 Å². The quantitative estimate of drug-likeness (QED) is 0.605. The Hall–Kier alpha value is -3.76. The highest BCUT2D eigenvalue weighted by atomic mass is 19.4. The number of aromatic nitrogens is 4. The topological polar surface area (TPSA) is 102 Å². The number of hydrogen-bond acceptors (Lipinski definition) is 5. The van der Waals surface area contributed by atoms with Crippen LogP contribution < -0.4 is 10.6 Å². The molecule has 8 nitrogen and oxygen atoms in total. The van der Waals surface area contributed by atoms with Crippen LogP contribution in [0.1, 0.15) is 29.7 Å². The summed E-state index contributed by atoms with van der Waals surface area (Å²) in [4.78, 5) is 25.6. The van der Waals surface area contributed by atoms with E-state index in [4.69, 9.17) is 0 Å². The molecule has 0 aliphatic rings. The fraction of sp³-hybridized carbons (Fsp3) is 0.286. The molecule has 2 aromatic carbocycles. The lowest BCUT2D eigenvalue weighted by atomic mass is 10.1. The fourth-order valence-electron chi connectivity index (χ4n) is 2.95. The van der Waals surface area contributed by atoms with E-state index in [1.165, 1.54) is 19.1 Å². The zero-order chi connectivity index (χ0) is 23.5. The second-order valence-electron chi connectivity index (χ2n) is 7.22. The van der Waals surface area contributed by atoms with E-state index in [2.05, 4.69) is 26.0 Å². The minimum Gasteiger partial charge on any atom is -0.345 e. The normalized spacial score (nSPS) is 12.3. The Kier molecular flexibility index (Phi) is 6.56. The van der Waals surface area contributed by atoms with Gasteiger partial charge in [-0.2, -0.15) is 18.0 Å². The molecular weight excluding hydrogens is 425 g/mol. The molecule has 2 amide bonds. The van der Waals surface area contributed by atoms with Gasteiger partial charge in [0.1, 0.15) is 6.04 Å². The summed E-state index contributed by atoms with van der Waals surface area (Å²) in [5.74, 6) is -1.00. The molecule has 2 N–H and O–H groups in total. The van der Waals surface area contributed by atoms with Crippen molar-refractivity contribution in [3.63, 3.8) is 0 Å². The van der Waals surface area contributed by atoms with Crippen molar-refractivity contribution >= 4 is 17.5 Å². The molecule has 32 heavy (non-hydrogen) atoms. The number of para-hydroxylation sites is 1. The van der Waals surface area contributed by atoms with Gasteiger partial charge in [-0.1, -0.05) is 30.3 Å². The first kappa shape index (κ1) is 22.9. The van der Waals surface area contributed by atoms with Crippen molar-refractivity contribution < 1.29 is 22.8 Å². The molecule has 0 radical (unpaired) electrons. The van der Waals surface area contributed by atoms with Crippen LogP contribution in [0, 0.1) is 13.8 Å². The van der Waals surface area contributed by atoms with Crippen molar-refractivity contribution in [2.45, 2.75) is 33.0 Å². The van der Waals surface area contributed by atoms with Crippen molar-refractivity contribution in [1.29, 1.82) is 0 Å². The number of rotatable bonds is 6. The van der Waals surface area contributed by atoms with Gasteiger partial charge in [-0.05, 0) is 49.2 Å². The summed E-state index contributed by atoms with van der Waals surface area (Å²) in [6.07, 6.45) is -4.50. The van der Waals surface area contributed by atoms with Crippen molar-refractivity contribution in [2.75, 3.05) is 11.9 Å². The second kappa shape index (κ2) is 9.16. The Bertz CT molecular complexity index is 1120. The molecule has 3 rings (SSSR count). The molecule has 0 saturated carbocycles. The average Bonchev–Trinajstić information content (AvgIpc) is 3.24. The summed E-state index contributed by atoms with van der Waals surface area (Å²) in [5, 5.41) is 16.8. The Labute approximate surface area is 181 Å². The highest BCUT2D eigenvalue weighted by molar-refractivity contribution is 5.96. The van der Waals surface area contributed by atoms with E-state index < -0.39 is 29.6 Å². The molecule has 0 aliphatic carbocycles. The molecule has 11 heteroatoms. The molecular formula is C21H21F3N6O2. The smallest absolute Gasteiger partial charge is 0.345 e.